The first-order valence-electron chi connectivity index (χ1n) is 13.6. The fourth-order valence-corrected chi connectivity index (χ4v) is 3.87. The van der Waals surface area contributed by atoms with Crippen LogP contribution in [-0.2, 0) is 35.2 Å². The number of hydrogen-bond acceptors (Lipinski definition) is 9. The van der Waals surface area contributed by atoms with Gasteiger partial charge in [-0.25, -0.2) is 4.79 Å². The molecule has 0 saturated heterocycles. The molecule has 0 bridgehead atoms. The molecule has 0 radical (unpaired) electrons. The number of hydrogen-bond donors (Lipinski definition) is 9. The lowest BCUT2D eigenvalue weighted by atomic mass is 10.0. The minimum absolute atomic E-state index is 0.0469. The van der Waals surface area contributed by atoms with E-state index in [2.05, 4.69) is 21.3 Å². The fourth-order valence-electron chi connectivity index (χ4n) is 3.87. The molecule has 0 aromatic heterocycles. The Labute approximate surface area is 243 Å². The molecule has 5 atom stereocenters. The number of aliphatic hydroxyl groups excluding tert-OH is 1. The number of unbranched alkanes of at least 4 members (excludes halogenated alkanes) is 1. The lowest BCUT2D eigenvalue weighted by Gasteiger charge is -2.26. The van der Waals surface area contributed by atoms with Crippen molar-refractivity contribution in [2.75, 3.05) is 13.2 Å². The van der Waals surface area contributed by atoms with Crippen LogP contribution in [0.2, 0.25) is 0 Å². The third kappa shape index (κ3) is 12.6. The number of carbonyl (C=O) groups is 6. The SMILES string of the molecule is CC(C)[C@H](NC(=O)[C@H](Cc1ccccc1)NC(=O)[C@H](CO)NC(=O)[C@H](CC(=O)O)NC(=O)[C@@H](N)CCCCN)C(=O)O. The van der Waals surface area contributed by atoms with Gasteiger partial charge in [0.15, 0.2) is 0 Å². The molecule has 0 aliphatic heterocycles. The minimum Gasteiger partial charge on any atom is -0.481 e. The van der Waals surface area contributed by atoms with Crippen molar-refractivity contribution in [2.45, 2.75) is 76.2 Å². The Morgan fingerprint density at radius 1 is 0.786 bits per heavy atom. The highest BCUT2D eigenvalue weighted by Gasteiger charge is 2.33. The zero-order valence-electron chi connectivity index (χ0n) is 23.7. The third-order valence-electron chi connectivity index (χ3n) is 6.28. The van der Waals surface area contributed by atoms with E-state index < -0.39 is 84.7 Å². The maximum Gasteiger partial charge on any atom is 0.326 e. The van der Waals surface area contributed by atoms with Gasteiger partial charge in [0, 0.05) is 6.42 Å². The smallest absolute Gasteiger partial charge is 0.326 e. The van der Waals surface area contributed by atoms with Crippen LogP contribution in [0.5, 0.6) is 0 Å². The van der Waals surface area contributed by atoms with Gasteiger partial charge in [0.05, 0.1) is 19.1 Å². The molecule has 1 rings (SSSR count). The van der Waals surface area contributed by atoms with Crippen LogP contribution in [0.3, 0.4) is 0 Å². The number of carboxylic acids is 2. The van der Waals surface area contributed by atoms with Crippen molar-refractivity contribution in [1.29, 1.82) is 0 Å². The summed E-state index contributed by atoms with van der Waals surface area (Å²) >= 11 is 0. The van der Waals surface area contributed by atoms with Crippen LogP contribution in [0.4, 0.5) is 0 Å². The van der Waals surface area contributed by atoms with Crippen LogP contribution >= 0.6 is 0 Å². The van der Waals surface area contributed by atoms with E-state index in [0.29, 0.717) is 24.9 Å². The first-order chi connectivity index (χ1) is 19.8. The molecular weight excluding hydrogens is 552 g/mol. The Balaban J connectivity index is 3.06. The average molecular weight is 595 g/mol. The molecule has 15 heteroatoms. The molecule has 234 valence electrons. The monoisotopic (exact) mass is 594 g/mol. The van der Waals surface area contributed by atoms with Gasteiger partial charge in [-0.2, -0.15) is 0 Å². The highest BCUT2D eigenvalue weighted by molar-refractivity contribution is 5.96. The largest absolute Gasteiger partial charge is 0.481 e. The molecule has 4 amide bonds. The lowest BCUT2D eigenvalue weighted by molar-refractivity contribution is -0.143. The summed E-state index contributed by atoms with van der Waals surface area (Å²) in [4.78, 5) is 74.5. The van der Waals surface area contributed by atoms with E-state index in [-0.39, 0.29) is 12.8 Å². The summed E-state index contributed by atoms with van der Waals surface area (Å²) < 4.78 is 0. The zero-order valence-corrected chi connectivity index (χ0v) is 23.7. The van der Waals surface area contributed by atoms with Crippen molar-refractivity contribution in [2.24, 2.45) is 17.4 Å². The van der Waals surface area contributed by atoms with Gasteiger partial charge < -0.3 is 48.1 Å². The molecule has 1 aromatic rings. The summed E-state index contributed by atoms with van der Waals surface area (Å²) in [5, 5.41) is 37.8. The maximum atomic E-state index is 13.1. The topological polar surface area (TPSA) is 263 Å². The molecule has 0 unspecified atom stereocenters. The number of benzene rings is 1. The van der Waals surface area contributed by atoms with E-state index in [1.54, 1.807) is 44.2 Å². The van der Waals surface area contributed by atoms with E-state index in [1.165, 1.54) is 0 Å². The summed E-state index contributed by atoms with van der Waals surface area (Å²) in [5.74, 6) is -6.84. The Morgan fingerprint density at radius 2 is 1.33 bits per heavy atom. The van der Waals surface area contributed by atoms with Gasteiger partial charge in [-0.1, -0.05) is 50.6 Å². The van der Waals surface area contributed by atoms with Crippen LogP contribution in [0.25, 0.3) is 0 Å². The Kier molecular flexibility index (Phi) is 15.7. The molecule has 0 aliphatic carbocycles. The van der Waals surface area contributed by atoms with Gasteiger partial charge >= 0.3 is 11.9 Å². The first kappa shape index (κ1) is 35.9. The number of amides is 4. The van der Waals surface area contributed by atoms with E-state index in [0.717, 1.165) is 0 Å². The molecule has 42 heavy (non-hydrogen) atoms. The summed E-state index contributed by atoms with van der Waals surface area (Å²) in [7, 11) is 0. The quantitative estimate of drug-likeness (QED) is 0.0778. The van der Waals surface area contributed by atoms with Crippen LogP contribution in [0.15, 0.2) is 30.3 Å². The summed E-state index contributed by atoms with van der Waals surface area (Å²) in [6, 6.07) is 1.69. The maximum absolute atomic E-state index is 13.1. The van der Waals surface area contributed by atoms with E-state index in [4.69, 9.17) is 11.5 Å². The molecule has 0 fully saturated rings. The molecule has 0 aliphatic rings. The van der Waals surface area contributed by atoms with Crippen molar-refractivity contribution in [3.8, 4) is 0 Å². The van der Waals surface area contributed by atoms with Gasteiger partial charge in [0.25, 0.3) is 0 Å². The Morgan fingerprint density at radius 3 is 1.86 bits per heavy atom. The molecule has 1 aromatic carbocycles. The zero-order chi connectivity index (χ0) is 31.8. The molecule has 11 N–H and O–H groups in total. The normalized spacial score (nSPS) is 14.5. The highest BCUT2D eigenvalue weighted by Crippen LogP contribution is 2.08. The average Bonchev–Trinajstić information content (AvgIpc) is 2.93. The van der Waals surface area contributed by atoms with Gasteiger partial charge in [-0.05, 0) is 30.9 Å². The van der Waals surface area contributed by atoms with Crippen molar-refractivity contribution >= 4 is 35.6 Å². The lowest BCUT2D eigenvalue weighted by Crippen LogP contribution is -2.60. The summed E-state index contributed by atoms with van der Waals surface area (Å²) in [5.41, 5.74) is 11.9. The van der Waals surface area contributed by atoms with Gasteiger partial charge in [0.1, 0.15) is 24.2 Å². The summed E-state index contributed by atoms with van der Waals surface area (Å²) in [6.07, 6.45) is 0.518. The van der Waals surface area contributed by atoms with Crippen molar-refractivity contribution < 1.29 is 44.1 Å². The Hall–Kier alpha value is -4.08. The fraction of sp³-hybridized carbons (Fsp3) is 0.556. The van der Waals surface area contributed by atoms with Crippen molar-refractivity contribution in [1.82, 2.24) is 21.3 Å². The number of nitrogens with two attached hydrogens (primary N) is 2. The van der Waals surface area contributed by atoms with Crippen LogP contribution in [0, 0.1) is 5.92 Å². The predicted octanol–water partition coefficient (Wildman–Crippen LogP) is -2.17. The molecular formula is C27H42N6O9. The number of aliphatic hydroxyl groups is 1. The summed E-state index contributed by atoms with van der Waals surface area (Å²) in [6.45, 7) is 2.66. The second kappa shape index (κ2) is 18.4. The standard InChI is InChI=1S/C27H42N6O9/c1-15(2)22(27(41)42)33-25(39)18(12-16-8-4-3-5-9-16)31-26(40)20(14-34)32-24(38)19(13-21(35)36)30-23(37)17(29)10-6-7-11-28/h3-5,8-9,15,17-20,22,34H,6-7,10-14,28-29H2,1-2H3,(H,30,37)(H,31,40)(H,32,38)(H,33,39)(H,35,36)(H,41,42)/t17-,18-,19-,20-,22-/m0/s1. The first-order valence-corrected chi connectivity index (χ1v) is 13.6. The molecule has 0 heterocycles. The second-order valence-electron chi connectivity index (χ2n) is 10.1. The second-order valence-corrected chi connectivity index (χ2v) is 10.1. The molecule has 0 saturated carbocycles. The third-order valence-corrected chi connectivity index (χ3v) is 6.28. The van der Waals surface area contributed by atoms with Crippen molar-refractivity contribution in [3.05, 3.63) is 35.9 Å². The van der Waals surface area contributed by atoms with Crippen LogP contribution < -0.4 is 32.7 Å². The van der Waals surface area contributed by atoms with Crippen molar-refractivity contribution in [3.63, 3.8) is 0 Å². The molecule has 15 nitrogen and oxygen atoms in total. The number of carbonyl (C=O) groups excluding carboxylic acids is 4. The van der Waals surface area contributed by atoms with Crippen LogP contribution in [0.1, 0.15) is 45.1 Å². The van der Waals surface area contributed by atoms with Gasteiger partial charge in [0.2, 0.25) is 23.6 Å². The van der Waals surface area contributed by atoms with Gasteiger partial charge in [-0.3, -0.25) is 24.0 Å². The van der Waals surface area contributed by atoms with E-state index >= 15 is 0 Å². The number of carboxylic acid groups (broad SMARTS) is 2. The van der Waals surface area contributed by atoms with Crippen LogP contribution in [-0.4, -0.2) is 94.2 Å². The predicted molar refractivity (Wildman–Crippen MR) is 151 cm³/mol. The molecule has 0 spiro atoms. The minimum atomic E-state index is -1.64. The number of aliphatic carboxylic acids is 2. The van der Waals surface area contributed by atoms with E-state index in [9.17, 15) is 44.1 Å². The number of nitrogens with one attached hydrogen (secondary N) is 4. The van der Waals surface area contributed by atoms with Gasteiger partial charge in [-0.15, -0.1) is 0 Å². The van der Waals surface area contributed by atoms with E-state index in [1.807, 2.05) is 0 Å². The highest BCUT2D eigenvalue weighted by atomic mass is 16.4. The number of rotatable bonds is 19. The Bertz CT molecular complexity index is 1070.